The van der Waals surface area contributed by atoms with Crippen LogP contribution in [-0.2, 0) is 32.2 Å². The van der Waals surface area contributed by atoms with Gasteiger partial charge in [0.25, 0.3) is 13.4 Å². The van der Waals surface area contributed by atoms with Gasteiger partial charge >= 0.3 is 5.69 Å². The smallest absolute Gasteiger partial charge is 0.330 e. The molecule has 3 aromatic rings. The van der Waals surface area contributed by atoms with Crippen LogP contribution in [0, 0.1) is 0 Å². The maximum absolute atomic E-state index is 15.7. The number of imidazole rings is 1. The number of nitrogens with zero attached hydrogens (tertiary/aromatic N) is 5. The van der Waals surface area contributed by atoms with E-state index in [2.05, 4.69) is 15.0 Å². The summed E-state index contributed by atoms with van der Waals surface area (Å²) in [6.07, 6.45) is -12.1. The average Bonchev–Trinajstić information content (AvgIpc) is 3.57. The van der Waals surface area contributed by atoms with E-state index in [0.29, 0.717) is 4.57 Å². The lowest BCUT2D eigenvalue weighted by Crippen LogP contribution is -2.38. The van der Waals surface area contributed by atoms with Crippen molar-refractivity contribution in [1.29, 1.82) is 0 Å². The Morgan fingerprint density at radius 2 is 1.71 bits per heavy atom. The van der Waals surface area contributed by atoms with E-state index in [4.69, 9.17) is 28.8 Å². The molecular weight excluding hydrogens is 634 g/mol. The third-order valence-corrected chi connectivity index (χ3v) is 10.5. The highest BCUT2D eigenvalue weighted by Crippen LogP contribution is 2.57. The van der Waals surface area contributed by atoms with Crippen molar-refractivity contribution in [3.63, 3.8) is 0 Å². The third-order valence-electron chi connectivity index (χ3n) is 6.61. The molecule has 3 fully saturated rings. The van der Waals surface area contributed by atoms with Crippen LogP contribution in [0.3, 0.4) is 0 Å². The summed E-state index contributed by atoms with van der Waals surface area (Å²) in [5.74, 6) is -0.694. The Morgan fingerprint density at radius 1 is 1.02 bits per heavy atom. The van der Waals surface area contributed by atoms with Crippen molar-refractivity contribution >= 4 is 43.0 Å². The second-order valence-corrected chi connectivity index (χ2v) is 14.4. The number of nitrogen functional groups attached to an aromatic ring is 1. The maximum Gasteiger partial charge on any atom is 0.330 e. The van der Waals surface area contributed by atoms with E-state index in [1.54, 1.807) is 0 Å². The van der Waals surface area contributed by atoms with Crippen LogP contribution in [0.2, 0.25) is 0 Å². The van der Waals surface area contributed by atoms with Gasteiger partial charge in [-0.3, -0.25) is 28.0 Å². The van der Waals surface area contributed by atoms with Crippen LogP contribution in [0.15, 0.2) is 34.5 Å². The molecule has 3 N–H and O–H groups in total. The van der Waals surface area contributed by atoms with Crippen LogP contribution in [0.4, 0.5) is 14.6 Å². The summed E-state index contributed by atoms with van der Waals surface area (Å²) in [6.45, 7) is -6.16. The van der Waals surface area contributed by atoms with Crippen LogP contribution in [0.1, 0.15) is 12.5 Å². The largest absolute Gasteiger partial charge is 0.770 e. The monoisotopic (exact) mass is 653 g/mol. The number of aromatic nitrogens is 6. The van der Waals surface area contributed by atoms with E-state index in [1.807, 2.05) is 4.98 Å². The molecule has 10 atom stereocenters. The van der Waals surface area contributed by atoms with Gasteiger partial charge in [0.1, 0.15) is 36.3 Å². The molecular formula is C19H19F2N7O11P2S-2. The number of fused-ring (bicyclic) bond motifs is 5. The number of anilines is 1. The van der Waals surface area contributed by atoms with Gasteiger partial charge in [0.05, 0.1) is 12.9 Å². The zero-order chi connectivity index (χ0) is 30.0. The third kappa shape index (κ3) is 5.45. The lowest BCUT2D eigenvalue weighted by Gasteiger charge is -2.31. The number of phosphoric ester groups is 1. The zero-order valence-electron chi connectivity index (χ0n) is 20.7. The van der Waals surface area contributed by atoms with Gasteiger partial charge in [-0.1, -0.05) is 11.4 Å². The topological polar surface area (TPSA) is 251 Å². The molecule has 228 valence electrons. The van der Waals surface area contributed by atoms with E-state index in [1.165, 1.54) is 0 Å². The summed E-state index contributed by atoms with van der Waals surface area (Å²) in [4.78, 5) is 63.3. The predicted octanol–water partition coefficient (Wildman–Crippen LogP) is -1.10. The van der Waals surface area contributed by atoms with E-state index >= 15 is 8.78 Å². The van der Waals surface area contributed by atoms with Gasteiger partial charge in [-0.25, -0.2) is 28.5 Å². The first-order chi connectivity index (χ1) is 19.8. The van der Waals surface area contributed by atoms with Crippen molar-refractivity contribution in [1.82, 2.24) is 29.1 Å². The van der Waals surface area contributed by atoms with Crippen molar-refractivity contribution in [3.05, 3.63) is 45.8 Å². The Bertz CT molecular complexity index is 1730. The second kappa shape index (κ2) is 10.8. The summed E-state index contributed by atoms with van der Waals surface area (Å²) >= 11 is 0.0580. The van der Waals surface area contributed by atoms with Gasteiger partial charge in [-0.05, 0) is 0 Å². The predicted molar refractivity (Wildman–Crippen MR) is 132 cm³/mol. The first kappa shape index (κ1) is 29.5. The molecule has 0 saturated carbocycles. The Kier molecular flexibility index (Phi) is 7.62. The quantitative estimate of drug-likeness (QED) is 0.311. The lowest BCUT2D eigenvalue weighted by molar-refractivity contribution is -0.236. The molecule has 0 aromatic carbocycles. The summed E-state index contributed by atoms with van der Waals surface area (Å²) < 4.78 is 84.6. The number of ether oxygens (including phenoxy) is 2. The van der Waals surface area contributed by atoms with Crippen LogP contribution in [0.25, 0.3) is 11.2 Å². The molecule has 18 nitrogen and oxygen atoms in total. The number of hydrogen-bond acceptors (Lipinski definition) is 16. The Morgan fingerprint density at radius 3 is 2.48 bits per heavy atom. The van der Waals surface area contributed by atoms with Gasteiger partial charge in [0.2, 0.25) is 0 Å². The molecule has 3 aromatic heterocycles. The molecule has 2 unspecified atom stereocenters. The fraction of sp³-hybridized carbons (Fsp3) is 0.526. The molecule has 3 aliphatic heterocycles. The Balaban J connectivity index is 1.34. The minimum Gasteiger partial charge on any atom is -0.770 e. The second-order valence-electron chi connectivity index (χ2n) is 9.25. The van der Waals surface area contributed by atoms with Gasteiger partial charge in [-0.15, -0.1) is 0 Å². The SMILES string of the molecule is Nc1ncnc2c1ncn2[C@@H]1O[C@@H]2CSP(=O)([O-])O[C@@H]3[C@H](F)[C@@H](COP(=O)([O-])O[C@@H]1[C@@H]2F)O[C@H]3n1ccc(=O)[nH]c1=O. The minimum absolute atomic E-state index is 0.0305. The first-order valence-electron chi connectivity index (χ1n) is 11.9. The molecule has 4 bridgehead atoms. The summed E-state index contributed by atoms with van der Waals surface area (Å²) in [7, 11) is -5.44. The highest BCUT2D eigenvalue weighted by molar-refractivity contribution is 8.54. The van der Waals surface area contributed by atoms with Crippen molar-refractivity contribution in [2.45, 2.75) is 49.2 Å². The minimum atomic E-state index is -5.44. The van der Waals surface area contributed by atoms with Crippen molar-refractivity contribution in [2.75, 3.05) is 18.1 Å². The normalized spacial score (nSPS) is 39.3. The van der Waals surface area contributed by atoms with Crippen LogP contribution < -0.4 is 26.8 Å². The standard InChI is InChI=1S/C19H21F2N7O11P2S/c20-10-7-3-35-40(31,32)38-13-11(21)8(37-18(13)28-6-25-12-15(22)23-5-24-16(12)28)4-42-41(33,34)39-14(10)17(36-7)27-2-1-9(29)26-19(27)30/h1-2,5-8,10-11,13-14,17-18H,3-4H2,(H,31,32)(H,33,34)(H2,22,23,24)(H,26,29,30)/p-2/t7-,8-,10-,11-,13-,14-,17-,18-/m1/s1. The van der Waals surface area contributed by atoms with Crippen LogP contribution >= 0.6 is 26.0 Å². The van der Waals surface area contributed by atoms with E-state index in [9.17, 15) is 28.5 Å². The molecule has 0 aliphatic carbocycles. The van der Waals surface area contributed by atoms with Gasteiger partial charge in [0.15, 0.2) is 43.1 Å². The Hall–Kier alpha value is -2.58. The number of nitrogens with two attached hydrogens (primary N) is 1. The summed E-state index contributed by atoms with van der Waals surface area (Å²) in [5.41, 5.74) is 4.03. The number of hydrogen-bond donors (Lipinski definition) is 2. The first-order valence-corrected chi connectivity index (χ1v) is 16.5. The Labute approximate surface area is 236 Å². The molecule has 42 heavy (non-hydrogen) atoms. The van der Waals surface area contributed by atoms with Crippen molar-refractivity contribution in [2.24, 2.45) is 0 Å². The van der Waals surface area contributed by atoms with Gasteiger partial charge in [0, 0.05) is 18.0 Å². The molecule has 3 saturated heterocycles. The van der Waals surface area contributed by atoms with Crippen molar-refractivity contribution < 1.29 is 50.7 Å². The lowest BCUT2D eigenvalue weighted by atomic mass is 10.1. The molecule has 23 heteroatoms. The number of alkyl halides is 2. The number of aromatic amines is 1. The summed E-state index contributed by atoms with van der Waals surface area (Å²) in [5, 5.41) is 0. The van der Waals surface area contributed by atoms with Gasteiger partial charge in [-0.2, -0.15) is 0 Å². The van der Waals surface area contributed by atoms with Crippen molar-refractivity contribution in [3.8, 4) is 0 Å². The van der Waals surface area contributed by atoms with Crippen LogP contribution in [-0.4, -0.2) is 78.2 Å². The molecule has 3 aliphatic rings. The van der Waals surface area contributed by atoms with Gasteiger partial charge < -0.3 is 38.6 Å². The molecule has 0 amide bonds. The molecule has 0 spiro atoms. The molecule has 0 radical (unpaired) electrons. The fourth-order valence-corrected chi connectivity index (χ4v) is 8.25. The highest BCUT2D eigenvalue weighted by atomic mass is 32.7. The number of halogens is 2. The fourth-order valence-electron chi connectivity index (χ4n) is 4.70. The van der Waals surface area contributed by atoms with E-state index in [-0.39, 0.29) is 28.4 Å². The van der Waals surface area contributed by atoms with Crippen LogP contribution in [0.5, 0.6) is 0 Å². The number of H-pyrrole nitrogens is 1. The molecule has 6 rings (SSSR count). The average molecular weight is 653 g/mol. The number of phosphoric acid groups is 1. The summed E-state index contributed by atoms with van der Waals surface area (Å²) in [6, 6.07) is 0.891. The zero-order valence-corrected chi connectivity index (χ0v) is 23.3. The van der Waals surface area contributed by atoms with E-state index in [0.717, 1.165) is 29.5 Å². The number of nitrogens with one attached hydrogen (secondary N) is 1. The molecule has 6 heterocycles. The number of rotatable bonds is 2. The highest BCUT2D eigenvalue weighted by Gasteiger charge is 2.52. The maximum atomic E-state index is 15.7. The van der Waals surface area contributed by atoms with E-state index < -0.39 is 87.4 Å².